The molecule has 0 unspecified atom stereocenters. The van der Waals surface area contributed by atoms with Crippen LogP contribution < -0.4 is 16.2 Å². The molecule has 2 N–H and O–H groups in total. The van der Waals surface area contributed by atoms with Gasteiger partial charge in [-0.2, -0.15) is 0 Å². The molecule has 0 aliphatic heterocycles. The first-order valence-corrected chi connectivity index (χ1v) is 7.18. The van der Waals surface area contributed by atoms with Gasteiger partial charge in [0.25, 0.3) is 5.56 Å². The number of hydrogen-bond donors (Lipinski definition) is 2. The van der Waals surface area contributed by atoms with Crippen molar-refractivity contribution in [3.63, 3.8) is 0 Å². The number of nitrogens with zero attached hydrogens (tertiary/aromatic N) is 1. The second kappa shape index (κ2) is 7.61. The molecule has 116 valence electrons. The summed E-state index contributed by atoms with van der Waals surface area (Å²) in [6, 6.07) is 3.34. The quantitative estimate of drug-likeness (QED) is 0.832. The number of rotatable bonds is 6. The highest BCUT2D eigenvalue weighted by atomic mass is 16.2. The zero-order chi connectivity index (χ0) is 16.0. The number of carbonyl (C=O) groups excluding carboxylic acids is 2. The number of hydrogen-bond acceptors (Lipinski definition) is 3. The number of aromatic nitrogens is 1. The van der Waals surface area contributed by atoms with Gasteiger partial charge in [-0.05, 0) is 32.4 Å². The summed E-state index contributed by atoms with van der Waals surface area (Å²) in [5.41, 5.74) is 0.508. The third-order valence-corrected chi connectivity index (χ3v) is 3.31. The lowest BCUT2D eigenvalue weighted by Crippen LogP contribution is -2.38. The first-order valence-electron chi connectivity index (χ1n) is 7.18. The van der Waals surface area contributed by atoms with Crippen LogP contribution in [0.2, 0.25) is 0 Å². The van der Waals surface area contributed by atoms with Gasteiger partial charge in [0.2, 0.25) is 11.8 Å². The minimum absolute atomic E-state index is 0.0508. The van der Waals surface area contributed by atoms with Crippen molar-refractivity contribution in [1.29, 1.82) is 0 Å². The number of carbonyl (C=O) groups is 2. The second-order valence-corrected chi connectivity index (χ2v) is 5.06. The lowest BCUT2D eigenvalue weighted by Gasteiger charge is -2.15. The maximum atomic E-state index is 12.3. The average molecular weight is 293 g/mol. The predicted molar refractivity (Wildman–Crippen MR) is 82.3 cm³/mol. The smallest absolute Gasteiger partial charge is 0.274 e. The molecule has 0 aromatic carbocycles. The Bertz CT molecular complexity index is 578. The molecule has 2 amide bonds. The fraction of sp³-hybridized carbons (Fsp3) is 0.533. The molecule has 21 heavy (non-hydrogen) atoms. The highest BCUT2D eigenvalue weighted by molar-refractivity contribution is 5.90. The highest BCUT2D eigenvalue weighted by Gasteiger charge is 2.12. The van der Waals surface area contributed by atoms with Crippen LogP contribution in [0.25, 0.3) is 0 Å². The molecule has 1 atom stereocenters. The summed E-state index contributed by atoms with van der Waals surface area (Å²) in [6.45, 7) is 7.30. The number of nitrogens with one attached hydrogen (secondary N) is 2. The van der Waals surface area contributed by atoms with Crippen LogP contribution in [0.4, 0.5) is 5.69 Å². The molecule has 0 fully saturated rings. The second-order valence-electron chi connectivity index (χ2n) is 5.06. The maximum Gasteiger partial charge on any atom is 0.274 e. The van der Waals surface area contributed by atoms with E-state index in [1.165, 1.54) is 4.57 Å². The summed E-state index contributed by atoms with van der Waals surface area (Å²) >= 11 is 0. The number of amides is 2. The lowest BCUT2D eigenvalue weighted by atomic mass is 10.2. The van der Waals surface area contributed by atoms with Gasteiger partial charge in [0.15, 0.2) is 0 Å². The topological polar surface area (TPSA) is 80.2 Å². The van der Waals surface area contributed by atoms with E-state index >= 15 is 0 Å². The monoisotopic (exact) mass is 293 g/mol. The molecule has 1 aromatic heterocycles. The first kappa shape index (κ1) is 16.9. The third kappa shape index (κ3) is 4.73. The van der Waals surface area contributed by atoms with Gasteiger partial charge in [-0.25, -0.2) is 0 Å². The Morgan fingerprint density at radius 3 is 2.48 bits per heavy atom. The van der Waals surface area contributed by atoms with Crippen molar-refractivity contribution < 1.29 is 9.59 Å². The number of anilines is 1. The van der Waals surface area contributed by atoms with Crippen LogP contribution in [0.3, 0.4) is 0 Å². The minimum Gasteiger partial charge on any atom is -0.352 e. The van der Waals surface area contributed by atoms with Crippen LogP contribution in [-0.2, 0) is 16.1 Å². The van der Waals surface area contributed by atoms with Gasteiger partial charge in [0.1, 0.15) is 12.2 Å². The molecule has 1 heterocycles. The van der Waals surface area contributed by atoms with Crippen molar-refractivity contribution in [2.45, 2.75) is 53.1 Å². The summed E-state index contributed by atoms with van der Waals surface area (Å²) in [5.74, 6) is -0.444. The molecule has 0 radical (unpaired) electrons. The summed E-state index contributed by atoms with van der Waals surface area (Å²) in [5, 5.41) is 5.37. The number of aryl methyl sites for hydroxylation is 1. The molecular formula is C15H23N3O3. The van der Waals surface area contributed by atoms with Crippen molar-refractivity contribution in [2.24, 2.45) is 0 Å². The largest absolute Gasteiger partial charge is 0.352 e. The molecule has 0 spiro atoms. The fourth-order valence-electron chi connectivity index (χ4n) is 1.77. The van der Waals surface area contributed by atoms with Crippen LogP contribution in [0, 0.1) is 6.92 Å². The normalized spacial score (nSPS) is 11.8. The van der Waals surface area contributed by atoms with E-state index in [1.54, 1.807) is 26.0 Å². The average Bonchev–Trinajstić information content (AvgIpc) is 2.46. The SMILES string of the molecule is CCC(=O)Nc1ccc(C)n(CC(=O)N[C@H](C)CC)c1=O. The molecule has 0 saturated heterocycles. The number of pyridine rings is 1. The van der Waals surface area contributed by atoms with Crippen molar-refractivity contribution in [3.05, 3.63) is 28.2 Å². The van der Waals surface area contributed by atoms with Gasteiger partial charge in [-0.3, -0.25) is 14.4 Å². The lowest BCUT2D eigenvalue weighted by molar-refractivity contribution is -0.122. The summed E-state index contributed by atoms with van der Waals surface area (Å²) in [6.07, 6.45) is 1.12. The van der Waals surface area contributed by atoms with E-state index in [0.29, 0.717) is 12.1 Å². The van der Waals surface area contributed by atoms with Crippen molar-refractivity contribution in [3.8, 4) is 0 Å². The highest BCUT2D eigenvalue weighted by Crippen LogP contribution is 2.04. The van der Waals surface area contributed by atoms with E-state index in [0.717, 1.165) is 6.42 Å². The van der Waals surface area contributed by atoms with E-state index < -0.39 is 0 Å². The van der Waals surface area contributed by atoms with E-state index in [4.69, 9.17) is 0 Å². The Kier molecular flexibility index (Phi) is 6.14. The molecule has 6 nitrogen and oxygen atoms in total. The van der Waals surface area contributed by atoms with Crippen LogP contribution in [0.1, 0.15) is 39.3 Å². The Morgan fingerprint density at radius 1 is 1.24 bits per heavy atom. The zero-order valence-electron chi connectivity index (χ0n) is 13.0. The van der Waals surface area contributed by atoms with E-state index in [9.17, 15) is 14.4 Å². The molecule has 0 aliphatic rings. The molecule has 6 heteroatoms. The molecule has 1 rings (SSSR count). The van der Waals surface area contributed by atoms with Gasteiger partial charge < -0.3 is 15.2 Å². The molecule has 1 aromatic rings. The van der Waals surface area contributed by atoms with Crippen LogP contribution in [-0.4, -0.2) is 22.4 Å². The Hall–Kier alpha value is -2.11. The van der Waals surface area contributed by atoms with E-state index in [1.807, 2.05) is 13.8 Å². The van der Waals surface area contributed by atoms with Crippen LogP contribution >= 0.6 is 0 Å². The fourth-order valence-corrected chi connectivity index (χ4v) is 1.77. The Morgan fingerprint density at radius 2 is 1.90 bits per heavy atom. The van der Waals surface area contributed by atoms with Crippen molar-refractivity contribution in [2.75, 3.05) is 5.32 Å². The molecule has 0 saturated carbocycles. The zero-order valence-corrected chi connectivity index (χ0v) is 13.0. The van der Waals surface area contributed by atoms with Crippen LogP contribution in [0.15, 0.2) is 16.9 Å². The van der Waals surface area contributed by atoms with E-state index in [-0.39, 0.29) is 35.6 Å². The van der Waals surface area contributed by atoms with Crippen molar-refractivity contribution >= 4 is 17.5 Å². The van der Waals surface area contributed by atoms with E-state index in [2.05, 4.69) is 10.6 Å². The van der Waals surface area contributed by atoms with Gasteiger partial charge in [-0.1, -0.05) is 13.8 Å². The summed E-state index contributed by atoms with van der Waals surface area (Å²) < 4.78 is 1.36. The summed E-state index contributed by atoms with van der Waals surface area (Å²) in [4.78, 5) is 35.6. The summed E-state index contributed by atoms with van der Waals surface area (Å²) in [7, 11) is 0. The van der Waals surface area contributed by atoms with Gasteiger partial charge in [-0.15, -0.1) is 0 Å². The Labute approximate surface area is 124 Å². The van der Waals surface area contributed by atoms with Gasteiger partial charge in [0.05, 0.1) is 0 Å². The minimum atomic E-state index is -0.365. The van der Waals surface area contributed by atoms with Crippen LogP contribution in [0.5, 0.6) is 0 Å². The van der Waals surface area contributed by atoms with Gasteiger partial charge >= 0.3 is 0 Å². The maximum absolute atomic E-state index is 12.3. The van der Waals surface area contributed by atoms with Gasteiger partial charge in [0, 0.05) is 18.2 Å². The Balaban J connectivity index is 2.96. The molecular weight excluding hydrogens is 270 g/mol. The predicted octanol–water partition coefficient (Wildman–Crippen LogP) is 1.42. The first-order chi connectivity index (χ1) is 9.88. The molecule has 0 bridgehead atoms. The standard InChI is InChI=1S/C15H23N3O3/c1-5-10(3)16-14(20)9-18-11(4)7-8-12(15(18)21)17-13(19)6-2/h7-8,10H,5-6,9H2,1-4H3,(H,16,20)(H,17,19)/t10-/m1/s1. The third-order valence-electron chi connectivity index (χ3n) is 3.31. The molecule has 0 aliphatic carbocycles. The van der Waals surface area contributed by atoms with Crippen molar-refractivity contribution in [1.82, 2.24) is 9.88 Å².